The standard InChI is InChI=1S/C14H18N4O3/c1-9(2)14(4,8-15)18-12(19)7-21-13(20)11-6-16-10(3)5-17-11/h5-6,9H,7H2,1-4H3,(H,18,19)/t14-/m1/s1. The van der Waals surface area contributed by atoms with Gasteiger partial charge in [-0.25, -0.2) is 9.78 Å². The third-order valence-electron chi connectivity index (χ3n) is 3.11. The molecule has 0 unspecified atom stereocenters. The molecule has 0 spiro atoms. The largest absolute Gasteiger partial charge is 0.451 e. The van der Waals surface area contributed by atoms with Crippen molar-refractivity contribution < 1.29 is 14.3 Å². The number of ether oxygens (including phenoxy) is 1. The molecule has 0 radical (unpaired) electrons. The van der Waals surface area contributed by atoms with Crippen LogP contribution < -0.4 is 5.32 Å². The number of rotatable bonds is 5. The van der Waals surface area contributed by atoms with Gasteiger partial charge in [0, 0.05) is 6.20 Å². The minimum atomic E-state index is -1.01. The fourth-order valence-corrected chi connectivity index (χ4v) is 1.33. The number of esters is 1. The molecule has 1 heterocycles. The number of carbonyl (C=O) groups is 2. The molecule has 1 aromatic heterocycles. The van der Waals surface area contributed by atoms with Gasteiger partial charge in [0.25, 0.3) is 5.91 Å². The highest BCUT2D eigenvalue weighted by atomic mass is 16.5. The molecule has 112 valence electrons. The molecule has 0 aliphatic rings. The van der Waals surface area contributed by atoms with Crippen molar-refractivity contribution in [1.82, 2.24) is 15.3 Å². The van der Waals surface area contributed by atoms with Gasteiger partial charge in [0.1, 0.15) is 5.54 Å². The van der Waals surface area contributed by atoms with Crippen molar-refractivity contribution in [3.8, 4) is 6.07 Å². The molecule has 1 rings (SSSR count). The number of aromatic nitrogens is 2. The second kappa shape index (κ2) is 6.79. The first-order valence-corrected chi connectivity index (χ1v) is 6.46. The van der Waals surface area contributed by atoms with Crippen molar-refractivity contribution in [3.05, 3.63) is 23.8 Å². The average molecular weight is 290 g/mol. The minimum absolute atomic E-state index is 0.0281. The Morgan fingerprint density at radius 3 is 2.57 bits per heavy atom. The maximum Gasteiger partial charge on any atom is 0.359 e. The van der Waals surface area contributed by atoms with Gasteiger partial charge >= 0.3 is 5.97 Å². The van der Waals surface area contributed by atoms with Crippen LogP contribution in [0.2, 0.25) is 0 Å². The Morgan fingerprint density at radius 2 is 2.10 bits per heavy atom. The lowest BCUT2D eigenvalue weighted by Crippen LogP contribution is -2.50. The highest BCUT2D eigenvalue weighted by molar-refractivity contribution is 5.89. The Labute approximate surface area is 123 Å². The molecular formula is C14H18N4O3. The summed E-state index contributed by atoms with van der Waals surface area (Å²) >= 11 is 0. The van der Waals surface area contributed by atoms with E-state index in [0.717, 1.165) is 0 Å². The lowest BCUT2D eigenvalue weighted by Gasteiger charge is -2.27. The number of carbonyl (C=O) groups excluding carboxylic acids is 2. The maximum absolute atomic E-state index is 11.7. The van der Waals surface area contributed by atoms with Gasteiger partial charge in [0.05, 0.1) is 18.0 Å². The monoisotopic (exact) mass is 290 g/mol. The second-order valence-electron chi connectivity index (χ2n) is 5.14. The summed E-state index contributed by atoms with van der Waals surface area (Å²) in [7, 11) is 0. The number of hydrogen-bond donors (Lipinski definition) is 1. The van der Waals surface area contributed by atoms with Crippen molar-refractivity contribution in [2.75, 3.05) is 6.61 Å². The first-order chi connectivity index (χ1) is 9.78. The van der Waals surface area contributed by atoms with Crippen LogP contribution in [-0.4, -0.2) is 34.0 Å². The van der Waals surface area contributed by atoms with Crippen molar-refractivity contribution in [3.63, 3.8) is 0 Å². The summed E-state index contributed by atoms with van der Waals surface area (Å²) in [5.74, 6) is -1.35. The van der Waals surface area contributed by atoms with Gasteiger partial charge in [-0.2, -0.15) is 5.26 Å². The zero-order valence-corrected chi connectivity index (χ0v) is 12.5. The van der Waals surface area contributed by atoms with E-state index in [1.165, 1.54) is 12.4 Å². The molecule has 0 fully saturated rings. The van der Waals surface area contributed by atoms with Gasteiger partial charge in [0.2, 0.25) is 0 Å². The number of hydrogen-bond acceptors (Lipinski definition) is 6. The van der Waals surface area contributed by atoms with Crippen LogP contribution in [0.5, 0.6) is 0 Å². The van der Waals surface area contributed by atoms with Crippen LogP contribution in [0.25, 0.3) is 0 Å². The highest BCUT2D eigenvalue weighted by Crippen LogP contribution is 2.14. The molecule has 1 amide bonds. The molecule has 0 aromatic carbocycles. The quantitative estimate of drug-likeness (QED) is 0.811. The molecule has 21 heavy (non-hydrogen) atoms. The Morgan fingerprint density at radius 1 is 1.43 bits per heavy atom. The lowest BCUT2D eigenvalue weighted by atomic mass is 9.90. The average Bonchev–Trinajstić information content (AvgIpc) is 2.45. The first-order valence-electron chi connectivity index (χ1n) is 6.46. The first kappa shape index (κ1) is 16.6. The van der Waals surface area contributed by atoms with Gasteiger partial charge < -0.3 is 10.1 Å². The van der Waals surface area contributed by atoms with Crippen LogP contribution in [0.3, 0.4) is 0 Å². The summed E-state index contributed by atoms with van der Waals surface area (Å²) in [6, 6.07) is 2.04. The Bertz CT molecular complexity index is 563. The predicted molar refractivity (Wildman–Crippen MR) is 74.1 cm³/mol. The van der Waals surface area contributed by atoms with E-state index >= 15 is 0 Å². The second-order valence-corrected chi connectivity index (χ2v) is 5.14. The van der Waals surface area contributed by atoms with E-state index in [1.807, 2.05) is 19.9 Å². The van der Waals surface area contributed by atoms with Crippen molar-refractivity contribution in [1.29, 1.82) is 5.26 Å². The molecule has 1 N–H and O–H groups in total. The summed E-state index contributed by atoms with van der Waals surface area (Å²) in [5.41, 5.74) is -0.306. The van der Waals surface area contributed by atoms with E-state index in [0.29, 0.717) is 5.69 Å². The summed E-state index contributed by atoms with van der Waals surface area (Å²) in [6.45, 7) is 6.51. The summed E-state index contributed by atoms with van der Waals surface area (Å²) < 4.78 is 4.84. The van der Waals surface area contributed by atoms with Gasteiger partial charge in [-0.05, 0) is 19.8 Å². The molecule has 7 nitrogen and oxygen atoms in total. The minimum Gasteiger partial charge on any atom is -0.451 e. The Kier molecular flexibility index (Phi) is 5.36. The summed E-state index contributed by atoms with van der Waals surface area (Å²) in [4.78, 5) is 31.2. The molecular weight excluding hydrogens is 272 g/mol. The van der Waals surface area contributed by atoms with Crippen molar-refractivity contribution >= 4 is 11.9 Å². The number of nitrogens with zero attached hydrogens (tertiary/aromatic N) is 3. The molecule has 0 saturated carbocycles. The zero-order chi connectivity index (χ0) is 16.0. The van der Waals surface area contributed by atoms with Crippen molar-refractivity contribution in [2.24, 2.45) is 5.92 Å². The Hall–Kier alpha value is -2.49. The van der Waals surface area contributed by atoms with E-state index in [1.54, 1.807) is 13.8 Å². The smallest absolute Gasteiger partial charge is 0.359 e. The van der Waals surface area contributed by atoms with E-state index in [-0.39, 0.29) is 11.6 Å². The molecule has 0 bridgehead atoms. The number of nitrogens with one attached hydrogen (secondary N) is 1. The lowest BCUT2D eigenvalue weighted by molar-refractivity contribution is -0.125. The van der Waals surface area contributed by atoms with Gasteiger partial charge in [-0.1, -0.05) is 13.8 Å². The van der Waals surface area contributed by atoms with E-state index in [4.69, 9.17) is 10.00 Å². The maximum atomic E-state index is 11.7. The third-order valence-corrected chi connectivity index (χ3v) is 3.11. The van der Waals surface area contributed by atoms with Gasteiger partial charge in [0.15, 0.2) is 12.3 Å². The SMILES string of the molecule is Cc1cnc(C(=O)OCC(=O)N[C@](C)(C#N)C(C)C)cn1. The number of aryl methyl sites for hydroxylation is 1. The van der Waals surface area contributed by atoms with Crippen LogP contribution in [0.15, 0.2) is 12.4 Å². The molecule has 1 atom stereocenters. The third kappa shape index (κ3) is 4.53. The Balaban J connectivity index is 2.55. The van der Waals surface area contributed by atoms with E-state index < -0.39 is 24.0 Å². The molecule has 0 aliphatic heterocycles. The predicted octanol–water partition coefficient (Wildman–Crippen LogP) is 0.996. The number of nitriles is 1. The van der Waals surface area contributed by atoms with Crippen LogP contribution in [0, 0.1) is 24.2 Å². The van der Waals surface area contributed by atoms with Crippen LogP contribution in [0.1, 0.15) is 37.0 Å². The highest BCUT2D eigenvalue weighted by Gasteiger charge is 2.30. The summed E-state index contributed by atoms with van der Waals surface area (Å²) in [6.07, 6.45) is 2.71. The number of amides is 1. The van der Waals surface area contributed by atoms with E-state index in [9.17, 15) is 9.59 Å². The molecule has 0 saturated heterocycles. The topological polar surface area (TPSA) is 105 Å². The normalized spacial score (nSPS) is 13.1. The van der Waals surface area contributed by atoms with Gasteiger partial charge in [-0.15, -0.1) is 0 Å². The fourth-order valence-electron chi connectivity index (χ4n) is 1.33. The van der Waals surface area contributed by atoms with Crippen LogP contribution >= 0.6 is 0 Å². The van der Waals surface area contributed by atoms with Gasteiger partial charge in [-0.3, -0.25) is 9.78 Å². The van der Waals surface area contributed by atoms with Crippen LogP contribution in [-0.2, 0) is 9.53 Å². The van der Waals surface area contributed by atoms with E-state index in [2.05, 4.69) is 15.3 Å². The molecule has 7 heteroatoms. The molecule has 0 aliphatic carbocycles. The van der Waals surface area contributed by atoms with Crippen molar-refractivity contribution in [2.45, 2.75) is 33.2 Å². The molecule has 1 aromatic rings. The zero-order valence-electron chi connectivity index (χ0n) is 12.5. The summed E-state index contributed by atoms with van der Waals surface area (Å²) in [5, 5.41) is 11.6. The van der Waals surface area contributed by atoms with Crippen LogP contribution in [0.4, 0.5) is 0 Å². The fraction of sp³-hybridized carbons (Fsp3) is 0.500.